The average molecular weight is 505 g/mol. The molecule has 1 aliphatic heterocycles. The number of fused-ring (bicyclic) bond motifs is 1. The van der Waals surface area contributed by atoms with Crippen LogP contribution in [-0.4, -0.2) is 48.2 Å². The van der Waals surface area contributed by atoms with Crippen LogP contribution in [-0.2, 0) is 6.42 Å². The molecular weight excluding hydrogens is 475 g/mol. The van der Waals surface area contributed by atoms with Gasteiger partial charge in [-0.05, 0) is 96.5 Å². The van der Waals surface area contributed by atoms with Crippen molar-refractivity contribution in [2.45, 2.75) is 32.7 Å². The number of carboxylic acid groups (broad SMARTS) is 1. The Morgan fingerprint density at radius 2 is 1.61 bits per heavy atom. The Morgan fingerprint density at radius 1 is 0.917 bits per heavy atom. The van der Waals surface area contributed by atoms with E-state index in [4.69, 9.17) is 11.6 Å². The number of hydrogen-bond donors (Lipinski definition) is 1. The normalized spacial score (nSPS) is 16.4. The predicted molar refractivity (Wildman–Crippen MR) is 144 cm³/mol. The summed E-state index contributed by atoms with van der Waals surface area (Å²) in [4.78, 5) is 16.5. The van der Waals surface area contributed by atoms with E-state index in [-0.39, 0.29) is 11.4 Å². The third kappa shape index (κ3) is 4.78. The fourth-order valence-electron chi connectivity index (χ4n) is 5.39. The van der Waals surface area contributed by atoms with E-state index in [0.29, 0.717) is 23.9 Å². The van der Waals surface area contributed by atoms with Crippen molar-refractivity contribution >= 4 is 34.4 Å². The summed E-state index contributed by atoms with van der Waals surface area (Å²) in [5, 5.41) is 9.87. The molecule has 5 rings (SSSR count). The number of aryl methyl sites for hydroxylation is 1. The van der Waals surface area contributed by atoms with Gasteiger partial charge in [0.05, 0.1) is 10.6 Å². The molecular formula is C30H30ClFN2O2. The van der Waals surface area contributed by atoms with Gasteiger partial charge in [0.25, 0.3) is 0 Å². The Bertz CT molecular complexity index is 1330. The van der Waals surface area contributed by atoms with Gasteiger partial charge in [0.15, 0.2) is 0 Å². The van der Waals surface area contributed by atoms with Crippen molar-refractivity contribution in [2.75, 3.05) is 31.1 Å². The lowest BCUT2D eigenvalue weighted by Gasteiger charge is -2.38. The van der Waals surface area contributed by atoms with Crippen LogP contribution >= 0.6 is 11.6 Å². The van der Waals surface area contributed by atoms with Gasteiger partial charge in [0.2, 0.25) is 0 Å². The fraction of sp³-hybridized carbons (Fsp3) is 0.300. The van der Waals surface area contributed by atoms with Gasteiger partial charge in [-0.15, -0.1) is 0 Å². The van der Waals surface area contributed by atoms with E-state index >= 15 is 0 Å². The molecule has 1 heterocycles. The third-order valence-electron chi connectivity index (χ3n) is 7.39. The molecule has 0 atom stereocenters. The maximum Gasteiger partial charge on any atom is 0.335 e. The molecule has 3 aromatic rings. The van der Waals surface area contributed by atoms with Crippen LogP contribution in [0.2, 0.25) is 5.02 Å². The SMILES string of the molecule is CC(C)N1CCN(c2ccc(C3=C(c4ccc(F)cc4Cl)CCc4cc(C(=O)O)ccc43)cc2)CC1. The molecule has 1 fully saturated rings. The van der Waals surface area contributed by atoms with Crippen LogP contribution < -0.4 is 4.90 Å². The standard InChI is InChI=1S/C30H30ClFN2O2/c1-19(2)33-13-15-34(16-14-33)24-8-3-20(4-9-24)29-25-10-6-22(30(35)36)17-21(25)5-11-27(29)26-12-7-23(32)18-28(26)31/h3-4,6-10,12,17-19H,5,11,13-16H2,1-2H3,(H,35,36). The summed E-state index contributed by atoms with van der Waals surface area (Å²) >= 11 is 6.51. The minimum absolute atomic E-state index is 0.284. The number of rotatable bonds is 5. The number of aromatic carboxylic acids is 1. The molecule has 0 unspecified atom stereocenters. The van der Waals surface area contributed by atoms with Crippen LogP contribution in [0.4, 0.5) is 10.1 Å². The molecule has 1 N–H and O–H groups in total. The summed E-state index contributed by atoms with van der Waals surface area (Å²) < 4.78 is 13.8. The van der Waals surface area contributed by atoms with E-state index in [0.717, 1.165) is 59.6 Å². The number of nitrogens with zero attached hydrogens (tertiary/aromatic N) is 2. The lowest BCUT2D eigenvalue weighted by atomic mass is 9.79. The number of anilines is 1. The van der Waals surface area contributed by atoms with E-state index in [1.807, 2.05) is 6.07 Å². The summed E-state index contributed by atoms with van der Waals surface area (Å²) in [7, 11) is 0. The van der Waals surface area contributed by atoms with Crippen molar-refractivity contribution in [3.8, 4) is 0 Å². The highest BCUT2D eigenvalue weighted by atomic mass is 35.5. The molecule has 1 aliphatic carbocycles. The quantitative estimate of drug-likeness (QED) is 0.424. The van der Waals surface area contributed by atoms with Crippen molar-refractivity contribution in [1.29, 1.82) is 0 Å². The Kier molecular flexibility index (Phi) is 6.87. The largest absolute Gasteiger partial charge is 0.478 e. The highest BCUT2D eigenvalue weighted by Crippen LogP contribution is 2.43. The zero-order valence-corrected chi connectivity index (χ0v) is 21.4. The Balaban J connectivity index is 1.56. The first kappa shape index (κ1) is 24.5. The summed E-state index contributed by atoms with van der Waals surface area (Å²) in [6.07, 6.45) is 1.39. The van der Waals surface area contributed by atoms with Crippen molar-refractivity contribution in [2.24, 2.45) is 0 Å². The highest BCUT2D eigenvalue weighted by Gasteiger charge is 2.25. The zero-order valence-electron chi connectivity index (χ0n) is 20.6. The molecule has 2 aliphatic rings. The second-order valence-corrected chi connectivity index (χ2v) is 10.2. The lowest BCUT2D eigenvalue weighted by molar-refractivity contribution is 0.0696. The second-order valence-electron chi connectivity index (χ2n) is 9.82. The van der Waals surface area contributed by atoms with Gasteiger partial charge in [-0.3, -0.25) is 4.90 Å². The molecule has 0 aromatic heterocycles. The van der Waals surface area contributed by atoms with Gasteiger partial charge in [-0.25, -0.2) is 9.18 Å². The minimum Gasteiger partial charge on any atom is -0.478 e. The Morgan fingerprint density at radius 3 is 2.25 bits per heavy atom. The molecule has 0 saturated carbocycles. The topological polar surface area (TPSA) is 43.8 Å². The Hall–Kier alpha value is -3.15. The number of allylic oxidation sites excluding steroid dienone is 1. The van der Waals surface area contributed by atoms with Gasteiger partial charge in [-0.1, -0.05) is 35.9 Å². The van der Waals surface area contributed by atoms with Crippen LogP contribution in [0.15, 0.2) is 60.7 Å². The number of benzene rings is 3. The van der Waals surface area contributed by atoms with Gasteiger partial charge in [0, 0.05) is 37.9 Å². The lowest BCUT2D eigenvalue weighted by Crippen LogP contribution is -2.48. The third-order valence-corrected chi connectivity index (χ3v) is 7.70. The molecule has 6 heteroatoms. The maximum atomic E-state index is 13.8. The first-order valence-electron chi connectivity index (χ1n) is 12.5. The zero-order chi connectivity index (χ0) is 25.4. The van der Waals surface area contributed by atoms with E-state index in [1.165, 1.54) is 17.8 Å². The fourth-order valence-corrected chi connectivity index (χ4v) is 5.67. The molecule has 1 saturated heterocycles. The van der Waals surface area contributed by atoms with Crippen LogP contribution in [0.5, 0.6) is 0 Å². The molecule has 36 heavy (non-hydrogen) atoms. The van der Waals surface area contributed by atoms with Crippen molar-refractivity contribution < 1.29 is 14.3 Å². The monoisotopic (exact) mass is 504 g/mol. The molecule has 0 radical (unpaired) electrons. The molecule has 3 aromatic carbocycles. The molecule has 0 spiro atoms. The van der Waals surface area contributed by atoms with Crippen LogP contribution in [0.1, 0.15) is 52.9 Å². The van der Waals surface area contributed by atoms with Crippen molar-refractivity contribution in [3.05, 3.63) is 99.3 Å². The highest BCUT2D eigenvalue weighted by molar-refractivity contribution is 6.32. The van der Waals surface area contributed by atoms with E-state index in [9.17, 15) is 14.3 Å². The van der Waals surface area contributed by atoms with E-state index in [1.54, 1.807) is 18.2 Å². The molecule has 4 nitrogen and oxygen atoms in total. The number of carboxylic acids is 1. The van der Waals surface area contributed by atoms with Crippen LogP contribution in [0.3, 0.4) is 0 Å². The summed E-state index contributed by atoms with van der Waals surface area (Å²) in [6.45, 7) is 8.58. The maximum absolute atomic E-state index is 13.8. The summed E-state index contributed by atoms with van der Waals surface area (Å²) in [5.74, 6) is -1.30. The summed E-state index contributed by atoms with van der Waals surface area (Å²) in [6, 6.07) is 19.0. The van der Waals surface area contributed by atoms with Crippen LogP contribution in [0, 0.1) is 5.82 Å². The van der Waals surface area contributed by atoms with Gasteiger partial charge in [0.1, 0.15) is 5.82 Å². The smallest absolute Gasteiger partial charge is 0.335 e. The summed E-state index contributed by atoms with van der Waals surface area (Å²) in [5.41, 5.74) is 7.41. The van der Waals surface area contributed by atoms with Crippen molar-refractivity contribution in [1.82, 2.24) is 4.90 Å². The molecule has 0 bridgehead atoms. The number of hydrogen-bond acceptors (Lipinski definition) is 3. The molecule has 186 valence electrons. The average Bonchev–Trinajstić information content (AvgIpc) is 2.88. The Labute approximate surface area is 216 Å². The minimum atomic E-state index is -0.933. The second kappa shape index (κ2) is 10.1. The van der Waals surface area contributed by atoms with Crippen LogP contribution in [0.25, 0.3) is 11.1 Å². The molecule has 0 amide bonds. The van der Waals surface area contributed by atoms with E-state index < -0.39 is 5.97 Å². The number of piperazine rings is 1. The van der Waals surface area contributed by atoms with E-state index in [2.05, 4.69) is 47.9 Å². The number of halogens is 2. The van der Waals surface area contributed by atoms with Gasteiger partial charge in [-0.2, -0.15) is 0 Å². The first-order valence-corrected chi connectivity index (χ1v) is 12.8. The predicted octanol–water partition coefficient (Wildman–Crippen LogP) is 6.61. The van der Waals surface area contributed by atoms with Gasteiger partial charge >= 0.3 is 5.97 Å². The van der Waals surface area contributed by atoms with Crippen molar-refractivity contribution in [3.63, 3.8) is 0 Å². The first-order chi connectivity index (χ1) is 17.3. The van der Waals surface area contributed by atoms with Gasteiger partial charge < -0.3 is 10.0 Å². The number of carbonyl (C=O) groups is 1.